The molecule has 0 radical (unpaired) electrons. The molecule has 0 unspecified atom stereocenters. The number of alkyl halides is 9. The summed E-state index contributed by atoms with van der Waals surface area (Å²) in [5, 5.41) is -0.511. The third-order valence-electron chi connectivity index (χ3n) is 20.3. The van der Waals surface area contributed by atoms with Crippen LogP contribution in [0.1, 0.15) is 169 Å². The monoisotopic (exact) mass is 1390 g/mol. The molecule has 0 aliphatic carbocycles. The van der Waals surface area contributed by atoms with E-state index in [0.29, 0.717) is 6.61 Å². The normalized spacial score (nSPS) is 18.2. The summed E-state index contributed by atoms with van der Waals surface area (Å²) in [6, 6.07) is 7.07. The lowest BCUT2D eigenvalue weighted by Crippen LogP contribution is -2.61. The van der Waals surface area contributed by atoms with Gasteiger partial charge in [-0.05, 0) is 132 Å². The Morgan fingerprint density at radius 2 is 1.04 bits per heavy atom. The van der Waals surface area contributed by atoms with Gasteiger partial charge >= 0.3 is 29.9 Å². The maximum Gasteiger partial charge on any atom is 0.460 e. The minimum Gasteiger partial charge on any atom is -0.497 e. The van der Waals surface area contributed by atoms with Gasteiger partial charge in [-0.25, -0.2) is 4.79 Å². The molecule has 0 saturated heterocycles. The van der Waals surface area contributed by atoms with Crippen LogP contribution in [0, 0.1) is 35.5 Å². The van der Waals surface area contributed by atoms with Crippen molar-refractivity contribution in [2.75, 3.05) is 14.2 Å². The number of hydrogen-bond donors (Lipinski definition) is 0. The Hall–Kier alpha value is -2.77. The Morgan fingerprint density at radius 3 is 1.51 bits per heavy atom. The SMILES string of the molecule is C=C/C=C/[C@H](C)[C@H](OCc1ccc(OC)cc1)[C@@H](C)[C@@H](CC[C@H](C)C[C@H](C)[C@@H](O[Si](C)(C)C(C)(C)C)[C@@H](C)C=C[C@H](C[C@@H](O[Si](CCC(F)(F)C(F)(F)C(F)(F)C(F)(F)F)(C(C)C)C(C)C)[C@@H](C)/C=C/C=C\C(=O)OC)O[Si](C)(C)C(C)(C)C)O[Si](C)(C)C(C)(C)C. The Labute approximate surface area is 555 Å². The van der Waals surface area contributed by atoms with Gasteiger partial charge in [0.2, 0.25) is 0 Å². The molecule has 0 bridgehead atoms. The van der Waals surface area contributed by atoms with Crippen molar-refractivity contribution >= 4 is 39.2 Å². The van der Waals surface area contributed by atoms with E-state index in [1.807, 2.05) is 43.3 Å². The summed E-state index contributed by atoms with van der Waals surface area (Å²) in [5.41, 5.74) is -0.194. The smallest absolute Gasteiger partial charge is 0.460 e. The van der Waals surface area contributed by atoms with E-state index in [1.54, 1.807) is 53.0 Å². The van der Waals surface area contributed by atoms with Gasteiger partial charge < -0.3 is 31.9 Å². The first-order chi connectivity index (χ1) is 41.6. The number of rotatable bonds is 39. The number of halogens is 9. The molecular weight excluding hydrogens is 1260 g/mol. The Bertz CT molecular complexity index is 2490. The van der Waals surface area contributed by atoms with Crippen molar-refractivity contribution in [3.63, 3.8) is 0 Å². The maximum absolute atomic E-state index is 15.6. The summed E-state index contributed by atoms with van der Waals surface area (Å²) < 4.78 is 176. The topological polar surface area (TPSA) is 81.7 Å². The second-order valence-corrected chi connectivity index (χ2v) is 50.6. The molecule has 0 N–H and O–H groups in total. The molecule has 1 rings (SSSR count). The van der Waals surface area contributed by atoms with Crippen LogP contribution in [-0.2, 0) is 38.6 Å². The van der Waals surface area contributed by atoms with Gasteiger partial charge in [0.05, 0.1) is 51.3 Å². The van der Waals surface area contributed by atoms with Gasteiger partial charge in [-0.1, -0.05) is 199 Å². The van der Waals surface area contributed by atoms with Crippen LogP contribution in [0.15, 0.2) is 85.5 Å². The van der Waals surface area contributed by atoms with Crippen LogP contribution in [0.4, 0.5) is 39.5 Å². The van der Waals surface area contributed by atoms with Crippen molar-refractivity contribution in [1.82, 2.24) is 0 Å². The molecule has 0 amide bonds. The van der Waals surface area contributed by atoms with Gasteiger partial charge in [0.25, 0.3) is 0 Å². The molecule has 0 aliphatic heterocycles. The first kappa shape index (κ1) is 87.2. The fraction of sp³-hybridized carbons (Fsp3) is 0.761. The number of allylic oxidation sites excluding steroid dienone is 4. The lowest BCUT2D eigenvalue weighted by Gasteiger charge is -2.45. The summed E-state index contributed by atoms with van der Waals surface area (Å²) in [5.74, 6) is -19.9. The van der Waals surface area contributed by atoms with E-state index in [0.717, 1.165) is 30.6 Å². The standard InChI is InChI=1S/C71H123F9O8Si4/c1-29-30-33-53(8)64(84-48-57-38-41-58(82-21)42-39-57)56(11)60(86-90(25,26)66(15,16)17)43-36-51(6)46-55(10)63(88-91(27,28)67(18,19)20)54(9)37-40-59(85-89(23,24)65(12,13)14)47-61(52(7)34-31-32-35-62(81)83-22)87-92(49(2)3,50(4)5)45-44-68(72,73)69(74,75)70(76,77)71(78,79)80/h29-35,37-42,49-56,59-61,63-64H,1,36,43-48H2,2-28H3/b33-30+,34-31+,35-32-,40-37?/t51-,52-,53-,54-,55-,56-,59+,60+,61+,63-,64-/m0/s1. The first-order valence-corrected chi connectivity index (χ1v) is 44.1. The number of benzene rings is 1. The molecule has 1 aromatic carbocycles. The lowest BCUT2D eigenvalue weighted by atomic mass is 9.82. The van der Waals surface area contributed by atoms with Crippen LogP contribution in [0.25, 0.3) is 0 Å². The second kappa shape index (κ2) is 35.1. The van der Waals surface area contributed by atoms with E-state index in [2.05, 4.69) is 155 Å². The average Bonchev–Trinajstić information content (AvgIpc) is 0.746. The summed E-state index contributed by atoms with van der Waals surface area (Å²) in [7, 11) is -8.47. The number of ether oxygens (including phenoxy) is 3. The quantitative estimate of drug-likeness (QED) is 0.0161. The minimum atomic E-state index is -7.02. The van der Waals surface area contributed by atoms with Gasteiger partial charge in [-0.3, -0.25) is 0 Å². The number of hydrogen-bond acceptors (Lipinski definition) is 8. The predicted molar refractivity (Wildman–Crippen MR) is 371 cm³/mol. The van der Waals surface area contributed by atoms with E-state index in [9.17, 15) is 35.5 Å². The van der Waals surface area contributed by atoms with Crippen LogP contribution in [0.2, 0.25) is 71.5 Å². The third-order valence-corrected chi connectivity index (χ3v) is 39.5. The van der Waals surface area contributed by atoms with Crippen molar-refractivity contribution in [2.24, 2.45) is 35.5 Å². The minimum absolute atomic E-state index is 0.00460. The third kappa shape index (κ3) is 24.6. The van der Waals surface area contributed by atoms with Crippen molar-refractivity contribution in [3.8, 4) is 5.75 Å². The average molecular weight is 1390 g/mol. The summed E-state index contributed by atoms with van der Waals surface area (Å²) in [6.07, 6.45) is 7.51. The first-order valence-electron chi connectivity index (χ1n) is 33.1. The zero-order chi connectivity index (χ0) is 71.8. The molecule has 0 aromatic heterocycles. The zero-order valence-corrected chi connectivity index (χ0v) is 65.3. The molecule has 0 aliphatic rings. The number of carbonyl (C=O) groups is 1. The largest absolute Gasteiger partial charge is 0.497 e. The van der Waals surface area contributed by atoms with Crippen LogP contribution >= 0.6 is 0 Å². The van der Waals surface area contributed by atoms with Crippen molar-refractivity contribution in [3.05, 3.63) is 91.1 Å². The van der Waals surface area contributed by atoms with E-state index >= 15 is 8.78 Å². The molecule has 8 nitrogen and oxygen atoms in total. The molecule has 21 heteroatoms. The van der Waals surface area contributed by atoms with Crippen LogP contribution in [-0.4, -0.2) is 108 Å². The maximum atomic E-state index is 15.6. The molecule has 0 saturated carbocycles. The predicted octanol–water partition coefficient (Wildman–Crippen LogP) is 22.7. The van der Waals surface area contributed by atoms with E-state index in [1.165, 1.54) is 19.3 Å². The highest BCUT2D eigenvalue weighted by molar-refractivity contribution is 6.76. The van der Waals surface area contributed by atoms with E-state index < -0.39 is 105 Å². The van der Waals surface area contributed by atoms with Gasteiger partial charge in [-0.2, -0.15) is 39.5 Å². The molecule has 11 atom stereocenters. The molecule has 0 spiro atoms. The Balaban J connectivity index is 4.15. The van der Waals surface area contributed by atoms with E-state index in [-0.39, 0.29) is 69.4 Å². The van der Waals surface area contributed by atoms with Crippen LogP contribution in [0.3, 0.4) is 0 Å². The van der Waals surface area contributed by atoms with E-state index in [4.69, 9.17) is 31.9 Å². The Morgan fingerprint density at radius 1 is 0.554 bits per heavy atom. The summed E-state index contributed by atoms with van der Waals surface area (Å²) in [6.45, 7) is 56.9. The van der Waals surface area contributed by atoms with Gasteiger partial charge in [0.15, 0.2) is 33.3 Å². The van der Waals surface area contributed by atoms with Gasteiger partial charge in [0.1, 0.15) is 5.75 Å². The number of methoxy groups -OCH3 is 2. The fourth-order valence-electron chi connectivity index (χ4n) is 10.9. The summed E-state index contributed by atoms with van der Waals surface area (Å²) in [4.78, 5) is 12.1. The second-order valence-electron chi connectivity index (χ2n) is 31.4. The summed E-state index contributed by atoms with van der Waals surface area (Å²) >= 11 is 0. The highest BCUT2D eigenvalue weighted by atomic mass is 28.4. The molecule has 92 heavy (non-hydrogen) atoms. The highest BCUT2D eigenvalue weighted by Crippen LogP contribution is 2.56. The van der Waals surface area contributed by atoms with Crippen LogP contribution in [0.5, 0.6) is 5.75 Å². The van der Waals surface area contributed by atoms with Crippen molar-refractivity contribution in [1.29, 1.82) is 0 Å². The molecule has 0 heterocycles. The van der Waals surface area contributed by atoms with Crippen molar-refractivity contribution in [2.45, 2.75) is 296 Å². The molecule has 0 fully saturated rings. The Kier molecular flexibility index (Phi) is 33.3. The lowest BCUT2D eigenvalue weighted by molar-refractivity contribution is -0.396. The molecule has 1 aromatic rings. The van der Waals surface area contributed by atoms with Gasteiger partial charge in [-0.15, -0.1) is 0 Å². The molecule has 534 valence electrons. The number of esters is 1. The fourth-order valence-corrected chi connectivity index (χ4v) is 19.9. The van der Waals surface area contributed by atoms with Crippen LogP contribution < -0.4 is 4.74 Å². The zero-order valence-electron chi connectivity index (χ0n) is 61.3. The molecular formula is C71H123F9O8Si4. The number of carbonyl (C=O) groups excluding carboxylic acids is 1. The highest BCUT2D eigenvalue weighted by Gasteiger charge is 2.81. The van der Waals surface area contributed by atoms with Crippen molar-refractivity contribution < 1.29 is 76.2 Å². The van der Waals surface area contributed by atoms with Gasteiger partial charge in [0, 0.05) is 30.8 Å².